The molecule has 1 saturated heterocycles. The summed E-state index contributed by atoms with van der Waals surface area (Å²) in [5.41, 5.74) is 3.76. The highest BCUT2D eigenvalue weighted by atomic mass is 15.3. The first-order valence-corrected chi connectivity index (χ1v) is 7.28. The van der Waals surface area contributed by atoms with Crippen LogP contribution in [0.5, 0.6) is 0 Å². The van der Waals surface area contributed by atoms with Gasteiger partial charge in [-0.1, -0.05) is 6.92 Å². The Morgan fingerprint density at radius 3 is 2.79 bits per heavy atom. The lowest BCUT2D eigenvalue weighted by atomic mass is 10.0. The Labute approximate surface area is 115 Å². The van der Waals surface area contributed by atoms with E-state index in [1.807, 2.05) is 6.92 Å². The molecule has 5 nitrogen and oxygen atoms in total. The van der Waals surface area contributed by atoms with Crippen molar-refractivity contribution in [3.05, 3.63) is 11.4 Å². The number of hydrazine groups is 1. The molecule has 2 heterocycles. The van der Waals surface area contributed by atoms with Crippen LogP contribution in [0.25, 0.3) is 0 Å². The molecule has 0 bridgehead atoms. The molecular formula is C14H25N5. The number of aromatic nitrogens is 2. The van der Waals surface area contributed by atoms with Crippen LogP contribution in [0.4, 0.5) is 11.6 Å². The molecule has 1 fully saturated rings. The van der Waals surface area contributed by atoms with Crippen molar-refractivity contribution in [1.29, 1.82) is 0 Å². The summed E-state index contributed by atoms with van der Waals surface area (Å²) in [6, 6.07) is 0.544. The van der Waals surface area contributed by atoms with Gasteiger partial charge in [0.15, 0.2) is 0 Å². The number of rotatable bonds is 4. The molecule has 1 unspecified atom stereocenters. The molecule has 0 amide bonds. The van der Waals surface area contributed by atoms with E-state index in [4.69, 9.17) is 10.8 Å². The van der Waals surface area contributed by atoms with Crippen LogP contribution in [-0.4, -0.2) is 22.6 Å². The van der Waals surface area contributed by atoms with E-state index in [0.717, 1.165) is 42.4 Å². The van der Waals surface area contributed by atoms with E-state index in [0.29, 0.717) is 6.04 Å². The van der Waals surface area contributed by atoms with Crippen molar-refractivity contribution in [2.75, 3.05) is 16.9 Å². The fourth-order valence-corrected chi connectivity index (χ4v) is 2.72. The van der Waals surface area contributed by atoms with E-state index < -0.39 is 0 Å². The average molecular weight is 263 g/mol. The first-order valence-electron chi connectivity index (χ1n) is 7.28. The van der Waals surface area contributed by atoms with Crippen LogP contribution in [0.15, 0.2) is 0 Å². The monoisotopic (exact) mass is 263 g/mol. The zero-order valence-corrected chi connectivity index (χ0v) is 12.2. The molecule has 1 aliphatic rings. The largest absolute Gasteiger partial charge is 0.354 e. The zero-order valence-electron chi connectivity index (χ0n) is 12.2. The van der Waals surface area contributed by atoms with Crippen molar-refractivity contribution in [3.63, 3.8) is 0 Å². The molecule has 0 aliphatic carbocycles. The molecule has 0 radical (unpaired) electrons. The summed E-state index contributed by atoms with van der Waals surface area (Å²) in [6.07, 6.45) is 5.72. The standard InChI is InChI=1S/C14H25N5/c1-4-7-12-16-13(18-15)11(3)14(17-12)19-9-6-5-8-10(19)2/h10H,4-9,15H2,1-3H3,(H,16,17,18). The number of aryl methyl sites for hydroxylation is 1. The van der Waals surface area contributed by atoms with Gasteiger partial charge in [-0.25, -0.2) is 15.8 Å². The lowest BCUT2D eigenvalue weighted by molar-refractivity contribution is 0.479. The fourth-order valence-electron chi connectivity index (χ4n) is 2.72. The number of nitrogens with one attached hydrogen (secondary N) is 1. The van der Waals surface area contributed by atoms with Gasteiger partial charge in [0.25, 0.3) is 0 Å². The van der Waals surface area contributed by atoms with Crippen molar-refractivity contribution < 1.29 is 0 Å². The molecule has 5 heteroatoms. The molecule has 3 N–H and O–H groups in total. The third-order valence-electron chi connectivity index (χ3n) is 3.85. The molecule has 1 aliphatic heterocycles. The highest BCUT2D eigenvalue weighted by Crippen LogP contribution is 2.29. The van der Waals surface area contributed by atoms with Gasteiger partial charge in [-0.15, -0.1) is 0 Å². The van der Waals surface area contributed by atoms with Crippen molar-refractivity contribution in [3.8, 4) is 0 Å². The third kappa shape index (κ3) is 2.97. The summed E-state index contributed by atoms with van der Waals surface area (Å²) >= 11 is 0. The maximum Gasteiger partial charge on any atom is 0.148 e. The molecule has 0 saturated carbocycles. The molecule has 1 aromatic heterocycles. The Kier molecular flexibility index (Phi) is 4.58. The van der Waals surface area contributed by atoms with Crippen LogP contribution in [-0.2, 0) is 6.42 Å². The van der Waals surface area contributed by atoms with Crippen LogP contribution in [0.3, 0.4) is 0 Å². The summed E-state index contributed by atoms with van der Waals surface area (Å²) in [5.74, 6) is 8.28. The van der Waals surface area contributed by atoms with Gasteiger partial charge in [-0.2, -0.15) is 0 Å². The van der Waals surface area contributed by atoms with Gasteiger partial charge < -0.3 is 10.3 Å². The number of nitrogen functional groups attached to an aromatic ring is 1. The normalized spacial score (nSPS) is 19.6. The topological polar surface area (TPSA) is 67.1 Å². The van der Waals surface area contributed by atoms with Crippen LogP contribution >= 0.6 is 0 Å². The Hall–Kier alpha value is -1.36. The average Bonchev–Trinajstić information content (AvgIpc) is 2.42. The molecule has 1 aromatic rings. The van der Waals surface area contributed by atoms with Gasteiger partial charge in [-0.3, -0.25) is 0 Å². The molecular weight excluding hydrogens is 238 g/mol. The van der Waals surface area contributed by atoms with Crippen molar-refractivity contribution in [2.45, 2.75) is 58.9 Å². The van der Waals surface area contributed by atoms with E-state index >= 15 is 0 Å². The Balaban J connectivity index is 2.38. The van der Waals surface area contributed by atoms with Gasteiger partial charge in [0.05, 0.1) is 0 Å². The quantitative estimate of drug-likeness (QED) is 0.645. The lowest BCUT2D eigenvalue weighted by Crippen LogP contribution is -2.39. The van der Waals surface area contributed by atoms with E-state index in [-0.39, 0.29) is 0 Å². The number of anilines is 2. The van der Waals surface area contributed by atoms with Gasteiger partial charge in [-0.05, 0) is 39.5 Å². The van der Waals surface area contributed by atoms with Crippen molar-refractivity contribution in [2.24, 2.45) is 5.84 Å². The second-order valence-electron chi connectivity index (χ2n) is 5.37. The number of nitrogens with zero attached hydrogens (tertiary/aromatic N) is 3. The molecule has 2 rings (SSSR count). The summed E-state index contributed by atoms with van der Waals surface area (Å²) in [5, 5.41) is 0. The minimum absolute atomic E-state index is 0.544. The zero-order chi connectivity index (χ0) is 13.8. The fraction of sp³-hybridized carbons (Fsp3) is 0.714. The van der Waals surface area contributed by atoms with E-state index in [1.54, 1.807) is 0 Å². The first kappa shape index (κ1) is 14.1. The minimum atomic E-state index is 0.544. The van der Waals surface area contributed by atoms with E-state index in [9.17, 15) is 0 Å². The summed E-state index contributed by atoms with van der Waals surface area (Å²) < 4.78 is 0. The summed E-state index contributed by atoms with van der Waals surface area (Å²) in [4.78, 5) is 11.7. The third-order valence-corrected chi connectivity index (χ3v) is 3.85. The number of nitrogens with two attached hydrogens (primary N) is 1. The highest BCUT2D eigenvalue weighted by Gasteiger charge is 2.23. The van der Waals surface area contributed by atoms with Gasteiger partial charge in [0, 0.05) is 24.6 Å². The van der Waals surface area contributed by atoms with Crippen LogP contribution < -0.4 is 16.2 Å². The van der Waals surface area contributed by atoms with Crippen LogP contribution in [0, 0.1) is 6.92 Å². The van der Waals surface area contributed by atoms with E-state index in [2.05, 4.69) is 29.2 Å². The number of hydrogen-bond acceptors (Lipinski definition) is 5. The molecule has 0 aromatic carbocycles. The molecule has 1 atom stereocenters. The highest BCUT2D eigenvalue weighted by molar-refractivity contribution is 5.58. The predicted molar refractivity (Wildman–Crippen MR) is 79.2 cm³/mol. The first-order chi connectivity index (χ1) is 9.17. The van der Waals surface area contributed by atoms with Crippen LogP contribution in [0.2, 0.25) is 0 Å². The van der Waals surface area contributed by atoms with E-state index in [1.165, 1.54) is 19.3 Å². The molecule has 0 spiro atoms. The molecule has 19 heavy (non-hydrogen) atoms. The minimum Gasteiger partial charge on any atom is -0.354 e. The predicted octanol–water partition coefficient (Wildman–Crippen LogP) is 2.40. The Morgan fingerprint density at radius 2 is 2.16 bits per heavy atom. The maximum absolute atomic E-state index is 5.59. The van der Waals surface area contributed by atoms with Crippen molar-refractivity contribution >= 4 is 11.6 Å². The van der Waals surface area contributed by atoms with Gasteiger partial charge in [0.1, 0.15) is 17.5 Å². The SMILES string of the molecule is CCCc1nc(NN)c(C)c(N2CCCCC2C)n1. The smallest absolute Gasteiger partial charge is 0.148 e. The van der Waals surface area contributed by atoms with Crippen LogP contribution in [0.1, 0.15) is 50.9 Å². The van der Waals surface area contributed by atoms with Crippen molar-refractivity contribution in [1.82, 2.24) is 9.97 Å². The lowest BCUT2D eigenvalue weighted by Gasteiger charge is -2.35. The molecule has 106 valence electrons. The Morgan fingerprint density at radius 1 is 1.37 bits per heavy atom. The second kappa shape index (κ2) is 6.19. The number of hydrogen-bond donors (Lipinski definition) is 2. The van der Waals surface area contributed by atoms with Gasteiger partial charge >= 0.3 is 0 Å². The van der Waals surface area contributed by atoms with Gasteiger partial charge in [0.2, 0.25) is 0 Å². The maximum atomic E-state index is 5.59. The Bertz CT molecular complexity index is 432. The summed E-state index contributed by atoms with van der Waals surface area (Å²) in [6.45, 7) is 7.54. The second-order valence-corrected chi connectivity index (χ2v) is 5.37. The summed E-state index contributed by atoms with van der Waals surface area (Å²) in [7, 11) is 0. The number of piperidine rings is 1.